The van der Waals surface area contributed by atoms with E-state index in [1.807, 2.05) is 24.3 Å². The molecule has 0 fully saturated rings. The van der Waals surface area contributed by atoms with Crippen molar-refractivity contribution in [2.45, 2.75) is 26.2 Å². The quantitative estimate of drug-likeness (QED) is 0.288. The van der Waals surface area contributed by atoms with E-state index < -0.39 is 10.8 Å². The molecule has 160 valence electrons. The Morgan fingerprint density at radius 1 is 1.06 bits per heavy atom. The smallest absolute Gasteiger partial charge is 0.334 e. The summed E-state index contributed by atoms with van der Waals surface area (Å²) in [6.07, 6.45) is 4.38. The molecule has 0 aliphatic heterocycles. The molecule has 9 nitrogen and oxygen atoms in total. The summed E-state index contributed by atoms with van der Waals surface area (Å²) in [5, 5.41) is 14.6. The van der Waals surface area contributed by atoms with Gasteiger partial charge in [-0.2, -0.15) is 0 Å². The molecule has 0 saturated heterocycles. The van der Waals surface area contributed by atoms with E-state index >= 15 is 0 Å². The van der Waals surface area contributed by atoms with Crippen LogP contribution >= 0.6 is 15.9 Å². The minimum absolute atomic E-state index is 0.0155. The lowest BCUT2D eigenvalue weighted by molar-refractivity contribution is -0.383. The number of nitrogens with one attached hydrogen (secondary N) is 3. The first-order valence-corrected chi connectivity index (χ1v) is 10.4. The second-order valence-electron chi connectivity index (χ2n) is 6.69. The molecule has 31 heavy (non-hydrogen) atoms. The predicted molar refractivity (Wildman–Crippen MR) is 122 cm³/mol. The minimum Gasteiger partial charge on any atom is -0.334 e. The Morgan fingerprint density at radius 2 is 1.74 bits per heavy atom. The monoisotopic (exact) mass is 484 g/mol. The maximum absolute atomic E-state index is 12.3. The molecule has 0 atom stereocenters. The number of carbonyl (C=O) groups is 1. The first kappa shape index (κ1) is 22.2. The summed E-state index contributed by atoms with van der Waals surface area (Å²) in [7, 11) is 0. The zero-order valence-corrected chi connectivity index (χ0v) is 18.3. The normalized spacial score (nSPS) is 10.4. The van der Waals surface area contributed by atoms with Gasteiger partial charge in [0.2, 0.25) is 11.6 Å². The maximum atomic E-state index is 12.3. The van der Waals surface area contributed by atoms with E-state index in [-0.39, 0.29) is 17.3 Å². The van der Waals surface area contributed by atoms with Crippen molar-refractivity contribution < 1.29 is 9.72 Å². The lowest BCUT2D eigenvalue weighted by Gasteiger charge is -2.11. The zero-order valence-electron chi connectivity index (χ0n) is 16.8. The first-order valence-electron chi connectivity index (χ1n) is 9.65. The summed E-state index contributed by atoms with van der Waals surface area (Å²) >= 11 is 3.30. The number of nitrogens with zero attached hydrogens (tertiary/aromatic N) is 3. The zero-order chi connectivity index (χ0) is 22.2. The van der Waals surface area contributed by atoms with Crippen LogP contribution in [0.4, 0.5) is 23.0 Å². The average Bonchev–Trinajstić information content (AvgIpc) is 2.77. The van der Waals surface area contributed by atoms with Gasteiger partial charge in [0.05, 0.1) is 4.92 Å². The van der Waals surface area contributed by atoms with Crippen molar-refractivity contribution in [1.29, 1.82) is 0 Å². The van der Waals surface area contributed by atoms with Gasteiger partial charge < -0.3 is 5.32 Å². The number of amides is 1. The number of carbonyl (C=O) groups excluding carboxylic acids is 1. The van der Waals surface area contributed by atoms with Crippen LogP contribution in [0.5, 0.6) is 0 Å². The van der Waals surface area contributed by atoms with Gasteiger partial charge in [0.15, 0.2) is 0 Å². The molecule has 0 radical (unpaired) electrons. The number of hydrogen-bond donors (Lipinski definition) is 3. The van der Waals surface area contributed by atoms with E-state index in [0.29, 0.717) is 11.3 Å². The molecule has 0 bridgehead atoms. The summed E-state index contributed by atoms with van der Waals surface area (Å²) in [4.78, 5) is 31.3. The maximum Gasteiger partial charge on any atom is 0.355 e. The number of anilines is 3. The Labute approximate surface area is 187 Å². The third-order valence-electron chi connectivity index (χ3n) is 4.44. The van der Waals surface area contributed by atoms with Crippen LogP contribution in [0.15, 0.2) is 59.3 Å². The van der Waals surface area contributed by atoms with Crippen molar-refractivity contribution >= 4 is 44.8 Å². The third-order valence-corrected chi connectivity index (χ3v) is 4.97. The molecule has 10 heteroatoms. The minimum atomic E-state index is -0.605. The van der Waals surface area contributed by atoms with Gasteiger partial charge in [-0.05, 0) is 54.8 Å². The van der Waals surface area contributed by atoms with Gasteiger partial charge in [-0.15, -0.1) is 0 Å². The van der Waals surface area contributed by atoms with Gasteiger partial charge in [-0.25, -0.2) is 9.97 Å². The fraction of sp³-hybridized carbons (Fsp3) is 0.190. The molecular formula is C21H21BrN6O3. The summed E-state index contributed by atoms with van der Waals surface area (Å²) in [5.74, 6) is -0.577. The lowest BCUT2D eigenvalue weighted by atomic mass is 10.1. The number of aryl methyl sites for hydroxylation is 1. The summed E-state index contributed by atoms with van der Waals surface area (Å²) < 4.78 is 0.831. The Balaban J connectivity index is 1.75. The number of unbranched alkanes of at least 4 members (excludes halogenated alkanes) is 1. The number of benzene rings is 2. The highest BCUT2D eigenvalue weighted by Gasteiger charge is 2.23. The molecule has 3 N–H and O–H groups in total. The van der Waals surface area contributed by atoms with Crippen LogP contribution in [-0.4, -0.2) is 20.8 Å². The molecule has 1 heterocycles. The fourth-order valence-corrected chi connectivity index (χ4v) is 3.06. The number of rotatable bonds is 9. The van der Waals surface area contributed by atoms with Crippen molar-refractivity contribution in [2.24, 2.45) is 0 Å². The molecule has 0 saturated carbocycles. The van der Waals surface area contributed by atoms with E-state index in [1.54, 1.807) is 24.3 Å². The SMILES string of the molecule is CCCCc1ccc(Nc2ncnc(NNC(=O)c3ccc(Br)cc3)c2[N+](=O)[O-])cc1. The van der Waals surface area contributed by atoms with Gasteiger partial charge in [-0.3, -0.25) is 25.8 Å². The van der Waals surface area contributed by atoms with Crippen molar-refractivity contribution in [2.75, 3.05) is 10.7 Å². The van der Waals surface area contributed by atoms with E-state index in [4.69, 9.17) is 0 Å². The Bertz CT molecular complexity index is 1060. The highest BCUT2D eigenvalue weighted by atomic mass is 79.9. The van der Waals surface area contributed by atoms with Crippen LogP contribution in [0.2, 0.25) is 0 Å². The number of nitro groups is 1. The van der Waals surface area contributed by atoms with Crippen molar-refractivity contribution in [3.05, 3.63) is 80.6 Å². The van der Waals surface area contributed by atoms with E-state index in [1.165, 1.54) is 11.9 Å². The van der Waals surface area contributed by atoms with Crippen molar-refractivity contribution in [3.63, 3.8) is 0 Å². The van der Waals surface area contributed by atoms with Crippen LogP contribution in [0.3, 0.4) is 0 Å². The lowest BCUT2D eigenvalue weighted by Crippen LogP contribution is -2.30. The van der Waals surface area contributed by atoms with Gasteiger partial charge in [0, 0.05) is 15.7 Å². The molecule has 3 aromatic rings. The molecular weight excluding hydrogens is 464 g/mol. The largest absolute Gasteiger partial charge is 0.355 e. The predicted octanol–water partition coefficient (Wildman–Crippen LogP) is 4.99. The van der Waals surface area contributed by atoms with Gasteiger partial charge in [-0.1, -0.05) is 41.4 Å². The van der Waals surface area contributed by atoms with Crippen molar-refractivity contribution in [3.8, 4) is 0 Å². The topological polar surface area (TPSA) is 122 Å². The Morgan fingerprint density at radius 3 is 2.39 bits per heavy atom. The molecule has 2 aromatic carbocycles. The number of aromatic nitrogens is 2. The average molecular weight is 485 g/mol. The Kier molecular flexibility index (Phi) is 7.50. The van der Waals surface area contributed by atoms with Gasteiger partial charge in [0.1, 0.15) is 6.33 Å². The van der Waals surface area contributed by atoms with Crippen LogP contribution in [0.1, 0.15) is 35.7 Å². The van der Waals surface area contributed by atoms with E-state index in [0.717, 1.165) is 23.7 Å². The molecule has 0 aliphatic rings. The van der Waals surface area contributed by atoms with Crippen LogP contribution in [0.25, 0.3) is 0 Å². The van der Waals surface area contributed by atoms with Gasteiger partial charge >= 0.3 is 5.69 Å². The third kappa shape index (κ3) is 5.98. The molecule has 1 amide bonds. The Hall–Kier alpha value is -3.53. The number of hydrogen-bond acceptors (Lipinski definition) is 7. The molecule has 0 aliphatic carbocycles. The highest BCUT2D eigenvalue weighted by molar-refractivity contribution is 9.10. The number of halogens is 1. The van der Waals surface area contributed by atoms with Crippen molar-refractivity contribution in [1.82, 2.24) is 15.4 Å². The van der Waals surface area contributed by atoms with Crippen LogP contribution in [0, 0.1) is 10.1 Å². The van der Waals surface area contributed by atoms with Gasteiger partial charge in [0.25, 0.3) is 5.91 Å². The summed E-state index contributed by atoms with van der Waals surface area (Å²) in [5.41, 5.74) is 6.80. The molecule has 0 unspecified atom stereocenters. The second kappa shape index (κ2) is 10.5. The standard InChI is InChI=1S/C21H21BrN6O3/c1-2-3-4-14-5-11-17(12-6-14)25-19-18(28(30)31)20(24-13-23-19)26-27-21(29)15-7-9-16(22)10-8-15/h5-13H,2-4H2,1H3,(H,27,29)(H2,23,24,25,26). The van der Waals surface area contributed by atoms with Crippen LogP contribution < -0.4 is 16.2 Å². The molecule has 1 aromatic heterocycles. The van der Waals surface area contributed by atoms with E-state index in [9.17, 15) is 14.9 Å². The summed E-state index contributed by atoms with van der Waals surface area (Å²) in [6.45, 7) is 2.14. The van der Waals surface area contributed by atoms with E-state index in [2.05, 4.69) is 49.0 Å². The number of hydrazine groups is 1. The fourth-order valence-electron chi connectivity index (χ4n) is 2.80. The first-order chi connectivity index (χ1) is 15.0. The second-order valence-corrected chi connectivity index (χ2v) is 7.60. The highest BCUT2D eigenvalue weighted by Crippen LogP contribution is 2.30. The van der Waals surface area contributed by atoms with Crippen LogP contribution in [-0.2, 0) is 6.42 Å². The summed E-state index contributed by atoms with van der Waals surface area (Å²) in [6, 6.07) is 14.3. The molecule has 3 rings (SSSR count). The molecule has 0 spiro atoms.